The first-order valence-corrected chi connectivity index (χ1v) is 8.46. The number of ether oxygens (including phenoxy) is 1. The summed E-state index contributed by atoms with van der Waals surface area (Å²) in [5, 5.41) is 2.71. The van der Waals surface area contributed by atoms with E-state index < -0.39 is 24.1 Å². The molecule has 1 aromatic heterocycles. The summed E-state index contributed by atoms with van der Waals surface area (Å²) >= 11 is 0. The Morgan fingerprint density at radius 3 is 2.52 bits per heavy atom. The number of nitrogens with zero attached hydrogens (tertiary/aromatic N) is 1. The number of carbonyl (C=O) groups excluding carboxylic acids is 1. The first-order chi connectivity index (χ1) is 13.2. The van der Waals surface area contributed by atoms with E-state index in [0.717, 1.165) is 5.56 Å². The van der Waals surface area contributed by atoms with Crippen LogP contribution in [0.15, 0.2) is 72.8 Å². The molecule has 2 unspecified atom stereocenters. The zero-order chi connectivity index (χ0) is 18.6. The first-order valence-electron chi connectivity index (χ1n) is 8.46. The highest BCUT2D eigenvalue weighted by Gasteiger charge is 2.38. The molecule has 0 saturated carbocycles. The number of amides is 1. The third-order valence-electron chi connectivity index (χ3n) is 4.22. The fourth-order valence-electron chi connectivity index (χ4n) is 2.95. The average molecular weight is 358 g/mol. The van der Waals surface area contributed by atoms with Gasteiger partial charge in [-0.3, -0.25) is 0 Å². The monoisotopic (exact) mass is 358 g/mol. The minimum absolute atomic E-state index is 0.309. The number of alkyl carbamates (subject to hydrolysis) is 1. The fourth-order valence-corrected chi connectivity index (χ4v) is 2.95. The highest BCUT2D eigenvalue weighted by molar-refractivity contribution is 5.71. The molecule has 3 aromatic rings. The maximum Gasteiger partial charge on any atom is 0.408 e. The Balaban J connectivity index is 1.65. The van der Waals surface area contributed by atoms with E-state index in [0.29, 0.717) is 17.0 Å². The lowest BCUT2D eigenvalue weighted by atomic mass is 9.99. The van der Waals surface area contributed by atoms with Crippen LogP contribution in [0.5, 0.6) is 0 Å². The quantitative estimate of drug-likeness (QED) is 0.701. The van der Waals surface area contributed by atoms with Crippen LogP contribution in [-0.4, -0.2) is 11.1 Å². The highest BCUT2D eigenvalue weighted by Crippen LogP contribution is 2.36. The molecule has 1 amide bonds. The van der Waals surface area contributed by atoms with Gasteiger partial charge in [0.1, 0.15) is 17.6 Å². The molecule has 1 saturated heterocycles. The average Bonchev–Trinajstić information content (AvgIpc) is 3.09. The number of benzene rings is 2. The van der Waals surface area contributed by atoms with Gasteiger partial charge in [0.05, 0.1) is 5.69 Å². The van der Waals surface area contributed by atoms with Gasteiger partial charge in [-0.25, -0.2) is 14.2 Å². The van der Waals surface area contributed by atoms with Crippen LogP contribution in [0.4, 0.5) is 9.18 Å². The molecule has 1 aliphatic heterocycles. The third-order valence-corrected chi connectivity index (χ3v) is 4.22. The van der Waals surface area contributed by atoms with Gasteiger partial charge in [-0.15, -0.1) is 0 Å². The molecule has 5 heteroatoms. The van der Waals surface area contributed by atoms with Crippen LogP contribution in [0, 0.1) is 17.7 Å². The van der Waals surface area contributed by atoms with Crippen molar-refractivity contribution in [2.24, 2.45) is 0 Å². The Morgan fingerprint density at radius 2 is 1.70 bits per heavy atom. The second-order valence-electron chi connectivity index (χ2n) is 6.03. The van der Waals surface area contributed by atoms with Crippen molar-refractivity contribution in [3.8, 4) is 11.8 Å². The van der Waals surface area contributed by atoms with E-state index in [1.807, 2.05) is 30.3 Å². The molecular formula is C22H15FN2O2. The van der Waals surface area contributed by atoms with E-state index in [4.69, 9.17) is 4.74 Å². The van der Waals surface area contributed by atoms with Crippen LogP contribution in [0.25, 0.3) is 0 Å². The number of carbonyl (C=O) groups is 1. The summed E-state index contributed by atoms with van der Waals surface area (Å²) in [6.07, 6.45) is -1.39. The summed E-state index contributed by atoms with van der Waals surface area (Å²) in [7, 11) is 0. The van der Waals surface area contributed by atoms with Gasteiger partial charge in [-0.1, -0.05) is 48.4 Å². The minimum Gasteiger partial charge on any atom is -0.439 e. The molecular weight excluding hydrogens is 343 g/mol. The Hall–Kier alpha value is -3.65. The number of rotatable bonds is 2. The normalized spacial score (nSPS) is 18.2. The predicted octanol–water partition coefficient (Wildman–Crippen LogP) is 4.14. The number of pyridine rings is 1. The number of hydrogen-bond donors (Lipinski definition) is 1. The van der Waals surface area contributed by atoms with Crippen molar-refractivity contribution < 1.29 is 13.9 Å². The van der Waals surface area contributed by atoms with Crippen LogP contribution in [0.3, 0.4) is 0 Å². The molecule has 0 radical (unpaired) electrons. The van der Waals surface area contributed by atoms with Crippen LogP contribution >= 0.6 is 0 Å². The summed E-state index contributed by atoms with van der Waals surface area (Å²) in [4.78, 5) is 16.3. The van der Waals surface area contributed by atoms with E-state index in [2.05, 4.69) is 22.1 Å². The lowest BCUT2D eigenvalue weighted by molar-refractivity contribution is 0.129. The largest absolute Gasteiger partial charge is 0.439 e. The molecule has 27 heavy (non-hydrogen) atoms. The molecule has 1 aliphatic rings. The van der Waals surface area contributed by atoms with Gasteiger partial charge in [0, 0.05) is 11.1 Å². The summed E-state index contributed by atoms with van der Waals surface area (Å²) in [5.74, 6) is 5.63. The molecule has 1 fully saturated rings. The van der Waals surface area contributed by atoms with Gasteiger partial charge in [0.15, 0.2) is 6.10 Å². The fraction of sp³-hybridized carbons (Fsp3) is 0.0909. The van der Waals surface area contributed by atoms with Gasteiger partial charge in [0.2, 0.25) is 0 Å². The SMILES string of the molecule is O=C1NC(c2cccc(C#Cc3ccccc3)n2)C(c2ccccc2F)O1. The van der Waals surface area contributed by atoms with E-state index in [1.165, 1.54) is 6.07 Å². The van der Waals surface area contributed by atoms with Gasteiger partial charge >= 0.3 is 6.09 Å². The van der Waals surface area contributed by atoms with Gasteiger partial charge < -0.3 is 10.1 Å². The summed E-state index contributed by atoms with van der Waals surface area (Å²) < 4.78 is 19.5. The van der Waals surface area contributed by atoms with Gasteiger partial charge in [-0.05, 0) is 36.3 Å². The van der Waals surface area contributed by atoms with Crippen molar-refractivity contribution in [3.05, 3.63) is 101 Å². The standard InChI is InChI=1S/C22H15FN2O2/c23-18-11-5-4-10-17(18)21-20(25-22(26)27-21)19-12-6-9-16(24-19)14-13-15-7-2-1-3-8-15/h1-12,20-21H,(H,25,26). The molecule has 0 aliphatic carbocycles. The van der Waals surface area contributed by atoms with Crippen LogP contribution in [0.2, 0.25) is 0 Å². The van der Waals surface area contributed by atoms with Crippen molar-refractivity contribution in [1.29, 1.82) is 0 Å². The Morgan fingerprint density at radius 1 is 0.926 bits per heavy atom. The van der Waals surface area contributed by atoms with E-state index >= 15 is 0 Å². The van der Waals surface area contributed by atoms with Crippen molar-refractivity contribution in [3.63, 3.8) is 0 Å². The Kier molecular flexibility index (Phi) is 4.54. The van der Waals surface area contributed by atoms with Crippen molar-refractivity contribution in [2.45, 2.75) is 12.1 Å². The molecule has 1 N–H and O–H groups in total. The highest BCUT2D eigenvalue weighted by atomic mass is 19.1. The lowest BCUT2D eigenvalue weighted by Gasteiger charge is -2.17. The maximum absolute atomic E-state index is 14.2. The second-order valence-corrected chi connectivity index (χ2v) is 6.03. The molecule has 2 aromatic carbocycles. The third kappa shape index (κ3) is 3.65. The summed E-state index contributed by atoms with van der Waals surface area (Å²) in [5.41, 5.74) is 2.31. The molecule has 0 spiro atoms. The lowest BCUT2D eigenvalue weighted by Crippen LogP contribution is -2.21. The zero-order valence-electron chi connectivity index (χ0n) is 14.2. The number of halogens is 1. The minimum atomic E-state index is -0.788. The van der Waals surface area contributed by atoms with Gasteiger partial charge in [-0.2, -0.15) is 0 Å². The molecule has 0 bridgehead atoms. The molecule has 2 heterocycles. The van der Waals surface area contributed by atoms with E-state index in [1.54, 1.807) is 36.4 Å². The molecule has 132 valence electrons. The molecule has 2 atom stereocenters. The molecule has 4 nitrogen and oxygen atoms in total. The maximum atomic E-state index is 14.2. The summed E-state index contributed by atoms with van der Waals surface area (Å²) in [6.45, 7) is 0. The number of hydrogen-bond acceptors (Lipinski definition) is 3. The van der Waals surface area contributed by atoms with Gasteiger partial charge in [0.25, 0.3) is 0 Å². The predicted molar refractivity (Wildman–Crippen MR) is 98.2 cm³/mol. The number of cyclic esters (lactones) is 1. The topological polar surface area (TPSA) is 51.2 Å². The smallest absolute Gasteiger partial charge is 0.408 e. The first kappa shape index (κ1) is 16.8. The Labute approximate surface area is 156 Å². The second kappa shape index (κ2) is 7.30. The van der Waals surface area contributed by atoms with Crippen molar-refractivity contribution in [1.82, 2.24) is 10.3 Å². The zero-order valence-corrected chi connectivity index (χ0v) is 14.2. The van der Waals surface area contributed by atoms with Crippen LogP contribution in [0.1, 0.15) is 34.7 Å². The molecule has 4 rings (SSSR count). The van der Waals surface area contributed by atoms with Crippen molar-refractivity contribution >= 4 is 6.09 Å². The summed E-state index contributed by atoms with van der Waals surface area (Å²) in [6, 6.07) is 20.6. The van der Waals surface area contributed by atoms with E-state index in [-0.39, 0.29) is 0 Å². The Bertz CT molecular complexity index is 1040. The van der Waals surface area contributed by atoms with Crippen LogP contribution in [-0.2, 0) is 4.74 Å². The van der Waals surface area contributed by atoms with Crippen LogP contribution < -0.4 is 5.32 Å². The number of aromatic nitrogens is 1. The van der Waals surface area contributed by atoms with E-state index in [9.17, 15) is 9.18 Å². The van der Waals surface area contributed by atoms with Crippen molar-refractivity contribution in [2.75, 3.05) is 0 Å². The number of nitrogens with one attached hydrogen (secondary N) is 1.